The van der Waals surface area contributed by atoms with Crippen molar-refractivity contribution in [2.75, 3.05) is 17.2 Å². The van der Waals surface area contributed by atoms with Crippen molar-refractivity contribution in [2.24, 2.45) is 0 Å². The number of benzene rings is 2. The monoisotopic (exact) mass is 215 g/mol. The first-order chi connectivity index (χ1) is 7.61. The maximum Gasteiger partial charge on any atom is 0.125 e. The lowest BCUT2D eigenvalue weighted by atomic mass is 10.00. The van der Waals surface area contributed by atoms with E-state index in [1.54, 1.807) is 18.2 Å². The van der Waals surface area contributed by atoms with Gasteiger partial charge < -0.3 is 22.3 Å². The Morgan fingerprint density at radius 1 is 0.812 bits per heavy atom. The van der Waals surface area contributed by atoms with Crippen molar-refractivity contribution in [1.82, 2.24) is 0 Å². The van der Waals surface area contributed by atoms with Gasteiger partial charge in [-0.1, -0.05) is 18.2 Å². The summed E-state index contributed by atoms with van der Waals surface area (Å²) in [5.74, 6) is 0.0737. The van der Waals surface area contributed by atoms with Gasteiger partial charge in [0.2, 0.25) is 0 Å². The van der Waals surface area contributed by atoms with Crippen LogP contribution in [-0.2, 0) is 0 Å². The predicted octanol–water partition coefficient (Wildman–Crippen LogP) is 1.81. The van der Waals surface area contributed by atoms with Crippen molar-refractivity contribution in [3.05, 3.63) is 36.4 Å². The van der Waals surface area contributed by atoms with E-state index < -0.39 is 0 Å². The summed E-state index contributed by atoms with van der Waals surface area (Å²) in [7, 11) is 0. The van der Waals surface area contributed by atoms with Crippen LogP contribution in [-0.4, -0.2) is 5.11 Å². The first kappa shape index (κ1) is 10.2. The van der Waals surface area contributed by atoms with Crippen molar-refractivity contribution in [3.8, 4) is 16.9 Å². The first-order valence-electron chi connectivity index (χ1n) is 4.83. The molecule has 7 N–H and O–H groups in total. The molecular weight excluding hydrogens is 202 g/mol. The van der Waals surface area contributed by atoms with E-state index in [-0.39, 0.29) is 5.75 Å². The van der Waals surface area contributed by atoms with Crippen LogP contribution < -0.4 is 17.2 Å². The number of hydrogen-bond acceptors (Lipinski definition) is 4. The highest BCUT2D eigenvalue weighted by Gasteiger charge is 2.12. The van der Waals surface area contributed by atoms with Gasteiger partial charge in [-0.05, 0) is 18.2 Å². The highest BCUT2D eigenvalue weighted by Crippen LogP contribution is 2.40. The molecule has 0 heterocycles. The molecule has 0 aromatic heterocycles. The second-order valence-electron chi connectivity index (χ2n) is 3.55. The van der Waals surface area contributed by atoms with E-state index in [1.165, 1.54) is 6.07 Å². The van der Waals surface area contributed by atoms with Gasteiger partial charge in [0.15, 0.2) is 0 Å². The zero-order chi connectivity index (χ0) is 11.7. The SMILES string of the molecule is Nc1ccccc1-c1c(O)ccc(N)c1N. The molecule has 2 aromatic rings. The summed E-state index contributed by atoms with van der Waals surface area (Å²) < 4.78 is 0. The smallest absolute Gasteiger partial charge is 0.125 e. The van der Waals surface area contributed by atoms with Crippen molar-refractivity contribution in [3.63, 3.8) is 0 Å². The lowest BCUT2D eigenvalue weighted by Gasteiger charge is -2.12. The minimum Gasteiger partial charge on any atom is -0.507 e. The maximum atomic E-state index is 9.80. The van der Waals surface area contributed by atoms with E-state index >= 15 is 0 Å². The fourth-order valence-electron chi connectivity index (χ4n) is 1.63. The van der Waals surface area contributed by atoms with Gasteiger partial charge in [0.1, 0.15) is 5.75 Å². The number of para-hydroxylation sites is 1. The van der Waals surface area contributed by atoms with Crippen LogP contribution >= 0.6 is 0 Å². The first-order valence-corrected chi connectivity index (χ1v) is 4.83. The molecule has 2 aromatic carbocycles. The van der Waals surface area contributed by atoms with Crippen LogP contribution in [0.1, 0.15) is 0 Å². The zero-order valence-electron chi connectivity index (χ0n) is 8.64. The van der Waals surface area contributed by atoms with Gasteiger partial charge in [0.05, 0.1) is 16.9 Å². The molecule has 4 heteroatoms. The van der Waals surface area contributed by atoms with E-state index in [0.29, 0.717) is 28.2 Å². The lowest BCUT2D eigenvalue weighted by molar-refractivity contribution is 0.477. The van der Waals surface area contributed by atoms with E-state index in [4.69, 9.17) is 17.2 Å². The average Bonchev–Trinajstić information content (AvgIpc) is 2.27. The van der Waals surface area contributed by atoms with E-state index in [1.807, 2.05) is 12.1 Å². The number of nitrogen functional groups attached to an aromatic ring is 3. The Morgan fingerprint density at radius 2 is 1.50 bits per heavy atom. The molecule has 0 saturated carbocycles. The molecule has 0 radical (unpaired) electrons. The highest BCUT2D eigenvalue weighted by atomic mass is 16.3. The molecule has 0 saturated heterocycles. The zero-order valence-corrected chi connectivity index (χ0v) is 8.64. The van der Waals surface area contributed by atoms with Gasteiger partial charge in [-0.2, -0.15) is 0 Å². The normalized spacial score (nSPS) is 10.2. The number of phenolic OH excluding ortho intramolecular Hbond substituents is 1. The highest BCUT2D eigenvalue weighted by molar-refractivity contribution is 5.92. The quantitative estimate of drug-likeness (QED) is 0.430. The fraction of sp³-hybridized carbons (Fsp3) is 0. The Hall–Kier alpha value is -2.36. The third-order valence-electron chi connectivity index (χ3n) is 2.49. The summed E-state index contributed by atoms with van der Waals surface area (Å²) in [6, 6.07) is 10.3. The minimum absolute atomic E-state index is 0.0737. The Morgan fingerprint density at radius 3 is 2.19 bits per heavy atom. The molecule has 0 amide bonds. The Bertz CT molecular complexity index is 538. The summed E-state index contributed by atoms with van der Waals surface area (Å²) in [4.78, 5) is 0. The summed E-state index contributed by atoms with van der Waals surface area (Å²) in [6.07, 6.45) is 0. The van der Waals surface area contributed by atoms with E-state index in [2.05, 4.69) is 0 Å². The number of aromatic hydroxyl groups is 1. The summed E-state index contributed by atoms with van der Waals surface area (Å²) >= 11 is 0. The molecule has 82 valence electrons. The number of anilines is 3. The topological polar surface area (TPSA) is 98.3 Å². The lowest BCUT2D eigenvalue weighted by Crippen LogP contribution is -1.99. The molecule has 0 bridgehead atoms. The van der Waals surface area contributed by atoms with Gasteiger partial charge >= 0.3 is 0 Å². The van der Waals surface area contributed by atoms with Crippen LogP contribution in [0.3, 0.4) is 0 Å². The van der Waals surface area contributed by atoms with Gasteiger partial charge in [-0.15, -0.1) is 0 Å². The molecular formula is C12H13N3O. The molecule has 16 heavy (non-hydrogen) atoms. The third kappa shape index (κ3) is 1.50. The fourth-order valence-corrected chi connectivity index (χ4v) is 1.63. The van der Waals surface area contributed by atoms with Gasteiger partial charge in [-0.25, -0.2) is 0 Å². The van der Waals surface area contributed by atoms with Crippen LogP contribution in [0.5, 0.6) is 5.75 Å². The van der Waals surface area contributed by atoms with Crippen LogP contribution in [0.2, 0.25) is 0 Å². The molecule has 0 fully saturated rings. The van der Waals surface area contributed by atoms with Crippen molar-refractivity contribution in [1.29, 1.82) is 0 Å². The molecule has 0 unspecified atom stereocenters. The number of hydrogen-bond donors (Lipinski definition) is 4. The molecule has 0 atom stereocenters. The van der Waals surface area contributed by atoms with Crippen molar-refractivity contribution >= 4 is 17.1 Å². The Kier molecular flexibility index (Phi) is 2.32. The average molecular weight is 215 g/mol. The van der Waals surface area contributed by atoms with Crippen LogP contribution in [0.25, 0.3) is 11.1 Å². The summed E-state index contributed by atoms with van der Waals surface area (Å²) in [6.45, 7) is 0. The summed E-state index contributed by atoms with van der Waals surface area (Å²) in [5, 5.41) is 9.80. The van der Waals surface area contributed by atoms with Crippen molar-refractivity contribution < 1.29 is 5.11 Å². The molecule has 0 aliphatic heterocycles. The van der Waals surface area contributed by atoms with Gasteiger partial charge in [0, 0.05) is 11.3 Å². The largest absolute Gasteiger partial charge is 0.507 e. The standard InChI is InChI=1S/C12H13N3O/c13-8-4-2-1-3-7(8)11-10(16)6-5-9(14)12(11)15/h1-6,16H,13-15H2. The van der Waals surface area contributed by atoms with Gasteiger partial charge in [-0.3, -0.25) is 0 Å². The number of rotatable bonds is 1. The Labute approximate surface area is 93.3 Å². The van der Waals surface area contributed by atoms with Crippen LogP contribution in [0.4, 0.5) is 17.1 Å². The molecule has 0 aliphatic rings. The second kappa shape index (κ2) is 3.66. The van der Waals surface area contributed by atoms with Crippen molar-refractivity contribution in [2.45, 2.75) is 0 Å². The molecule has 4 nitrogen and oxygen atoms in total. The summed E-state index contributed by atoms with van der Waals surface area (Å²) in [5.41, 5.74) is 19.9. The minimum atomic E-state index is 0.0737. The van der Waals surface area contributed by atoms with E-state index in [9.17, 15) is 5.11 Å². The van der Waals surface area contributed by atoms with Gasteiger partial charge in [0.25, 0.3) is 0 Å². The van der Waals surface area contributed by atoms with Crippen LogP contribution in [0, 0.1) is 0 Å². The molecule has 2 rings (SSSR count). The molecule has 0 spiro atoms. The third-order valence-corrected chi connectivity index (χ3v) is 2.49. The number of nitrogens with two attached hydrogens (primary N) is 3. The second-order valence-corrected chi connectivity index (χ2v) is 3.55. The predicted molar refractivity (Wildman–Crippen MR) is 66.8 cm³/mol. The van der Waals surface area contributed by atoms with Crippen LogP contribution in [0.15, 0.2) is 36.4 Å². The number of phenols is 1. The molecule has 0 aliphatic carbocycles. The maximum absolute atomic E-state index is 9.80. The Balaban J connectivity index is 2.74. The van der Waals surface area contributed by atoms with E-state index in [0.717, 1.165) is 0 Å².